The third-order valence-corrected chi connectivity index (χ3v) is 6.35. The van der Waals surface area contributed by atoms with Crippen molar-refractivity contribution in [2.24, 2.45) is 5.73 Å². The molecular weight excluding hydrogens is 464 g/mol. The molecule has 11 heteroatoms. The summed E-state index contributed by atoms with van der Waals surface area (Å²) in [4.78, 5) is 50.7. The molecule has 2 aliphatic rings. The van der Waals surface area contributed by atoms with Gasteiger partial charge < -0.3 is 25.4 Å². The number of amides is 3. The molecule has 2 aliphatic heterocycles. The Bertz CT molecular complexity index is 1050. The number of hydrogen-bond acceptors (Lipinski definition) is 5. The fraction of sp³-hybridized carbons (Fsp3) is 0.583. The minimum Gasteiger partial charge on any atom is -0.465 e. The van der Waals surface area contributed by atoms with E-state index in [4.69, 9.17) is 15.6 Å². The molecule has 1 aromatic rings. The summed E-state index contributed by atoms with van der Waals surface area (Å²) in [5, 5.41) is 9.10. The summed E-state index contributed by atoms with van der Waals surface area (Å²) in [6, 6.07) is 0.265. The zero-order chi connectivity index (χ0) is 26.2. The van der Waals surface area contributed by atoms with Crippen molar-refractivity contribution in [2.45, 2.75) is 77.2 Å². The largest absolute Gasteiger partial charge is 0.465 e. The molecule has 9 nitrogen and oxygen atoms in total. The van der Waals surface area contributed by atoms with Crippen molar-refractivity contribution < 1.29 is 37.8 Å². The van der Waals surface area contributed by atoms with Crippen LogP contribution in [0.3, 0.4) is 0 Å². The number of esters is 1. The van der Waals surface area contributed by atoms with Crippen molar-refractivity contribution in [2.75, 3.05) is 13.1 Å². The Labute approximate surface area is 202 Å². The fourth-order valence-corrected chi connectivity index (χ4v) is 4.77. The van der Waals surface area contributed by atoms with Gasteiger partial charge in [-0.15, -0.1) is 0 Å². The molecule has 1 aromatic carbocycles. The number of fused-ring (bicyclic) bond motifs is 1. The Kier molecular flexibility index (Phi) is 7.37. The number of carboxylic acid groups (broad SMARTS) is 1. The minimum atomic E-state index is -1.60. The summed E-state index contributed by atoms with van der Waals surface area (Å²) >= 11 is 0. The number of nitrogens with two attached hydrogens (primary N) is 1. The van der Waals surface area contributed by atoms with Crippen LogP contribution in [-0.2, 0) is 20.9 Å². The monoisotopic (exact) mass is 495 g/mol. The molecule has 0 aromatic heterocycles. The van der Waals surface area contributed by atoms with Crippen LogP contribution in [0.2, 0.25) is 0 Å². The molecule has 2 heterocycles. The van der Waals surface area contributed by atoms with Gasteiger partial charge in [-0.05, 0) is 51.7 Å². The number of nitrogens with zero attached hydrogens (tertiary/aromatic N) is 2. The molecule has 3 rings (SSSR count). The van der Waals surface area contributed by atoms with Crippen molar-refractivity contribution in [3.05, 3.63) is 34.1 Å². The normalized spacial score (nSPS) is 21.0. The van der Waals surface area contributed by atoms with Gasteiger partial charge in [0.05, 0.1) is 18.7 Å². The number of ether oxygens (including phenoxy) is 1. The van der Waals surface area contributed by atoms with E-state index < -0.39 is 53.4 Å². The van der Waals surface area contributed by atoms with Gasteiger partial charge >= 0.3 is 12.1 Å². The Morgan fingerprint density at radius 1 is 1.31 bits per heavy atom. The molecule has 0 bridgehead atoms. The van der Waals surface area contributed by atoms with E-state index in [9.17, 15) is 23.6 Å². The van der Waals surface area contributed by atoms with Crippen LogP contribution in [0.1, 0.15) is 73.0 Å². The topological polar surface area (TPSA) is 130 Å². The van der Waals surface area contributed by atoms with Crippen molar-refractivity contribution in [3.63, 3.8) is 0 Å². The number of hydrogen-bond donors (Lipinski definition) is 2. The van der Waals surface area contributed by atoms with Crippen molar-refractivity contribution in [3.8, 4) is 0 Å². The molecule has 3 N–H and O–H groups in total. The highest BCUT2D eigenvalue weighted by atomic mass is 19.1. The molecule has 35 heavy (non-hydrogen) atoms. The van der Waals surface area contributed by atoms with E-state index in [1.807, 2.05) is 0 Å². The maximum atomic E-state index is 15.6. The van der Waals surface area contributed by atoms with Gasteiger partial charge in [0, 0.05) is 24.4 Å². The van der Waals surface area contributed by atoms with Crippen LogP contribution in [0.25, 0.3) is 0 Å². The van der Waals surface area contributed by atoms with Crippen LogP contribution in [0, 0.1) is 12.7 Å². The van der Waals surface area contributed by atoms with Gasteiger partial charge in [0.25, 0.3) is 5.91 Å². The first kappa shape index (κ1) is 26.4. The van der Waals surface area contributed by atoms with Gasteiger partial charge in [0.1, 0.15) is 23.6 Å². The summed E-state index contributed by atoms with van der Waals surface area (Å²) in [5.74, 6) is -3.59. The number of piperidine rings is 1. The van der Waals surface area contributed by atoms with Gasteiger partial charge in [-0.3, -0.25) is 14.4 Å². The Morgan fingerprint density at radius 3 is 2.51 bits per heavy atom. The lowest BCUT2D eigenvalue weighted by Gasteiger charge is -2.33. The van der Waals surface area contributed by atoms with Gasteiger partial charge in [0.2, 0.25) is 5.91 Å². The zero-order valence-corrected chi connectivity index (χ0v) is 20.3. The van der Waals surface area contributed by atoms with E-state index in [0.717, 1.165) is 9.80 Å². The number of halogens is 2. The summed E-state index contributed by atoms with van der Waals surface area (Å²) in [7, 11) is 0. The van der Waals surface area contributed by atoms with E-state index >= 15 is 4.39 Å². The first-order valence-corrected chi connectivity index (χ1v) is 11.5. The van der Waals surface area contributed by atoms with E-state index in [0.29, 0.717) is 5.56 Å². The average molecular weight is 496 g/mol. The maximum absolute atomic E-state index is 15.6. The number of likely N-dealkylation sites (tertiary alicyclic amines) is 1. The highest BCUT2D eigenvalue weighted by Crippen LogP contribution is 2.38. The predicted octanol–water partition coefficient (Wildman–Crippen LogP) is 2.87. The second-order valence-corrected chi connectivity index (χ2v) is 10.1. The number of carbonyl (C=O) groups excluding carboxylic acids is 3. The summed E-state index contributed by atoms with van der Waals surface area (Å²) in [6.07, 6.45) is -2.99. The van der Waals surface area contributed by atoms with Crippen molar-refractivity contribution in [1.82, 2.24) is 9.80 Å². The maximum Gasteiger partial charge on any atom is 0.407 e. The average Bonchev–Trinajstić information content (AvgIpc) is 3.07. The summed E-state index contributed by atoms with van der Waals surface area (Å²) < 4.78 is 35.7. The first-order valence-electron chi connectivity index (χ1n) is 11.5. The highest BCUT2D eigenvalue weighted by Gasteiger charge is 2.41. The lowest BCUT2D eigenvalue weighted by Crippen LogP contribution is -2.45. The first-order chi connectivity index (χ1) is 16.2. The summed E-state index contributed by atoms with van der Waals surface area (Å²) in [5.41, 5.74) is 5.45. The number of benzene rings is 1. The minimum absolute atomic E-state index is 0.0429. The van der Waals surface area contributed by atoms with Crippen molar-refractivity contribution in [1.29, 1.82) is 0 Å². The molecule has 1 fully saturated rings. The van der Waals surface area contributed by atoms with Gasteiger partial charge in [-0.25, -0.2) is 13.6 Å². The molecule has 3 amide bonds. The van der Waals surface area contributed by atoms with Crippen LogP contribution in [0.15, 0.2) is 6.07 Å². The smallest absolute Gasteiger partial charge is 0.407 e. The molecule has 1 unspecified atom stereocenters. The van der Waals surface area contributed by atoms with E-state index in [1.165, 1.54) is 6.07 Å². The van der Waals surface area contributed by atoms with Crippen LogP contribution >= 0.6 is 0 Å². The SMILES string of the molecule is Cc1cc([C@@H]2CCN(C(=O)O)C[C@@H]2F)c(F)c2c1C(=O)N(C(CCC(=O)OC(C)(C)C)C(N)=O)C2. The van der Waals surface area contributed by atoms with Crippen LogP contribution in [-0.4, -0.2) is 69.7 Å². The lowest BCUT2D eigenvalue weighted by atomic mass is 9.84. The van der Waals surface area contributed by atoms with Gasteiger partial charge in [-0.1, -0.05) is 6.07 Å². The molecule has 0 spiro atoms. The van der Waals surface area contributed by atoms with Crippen LogP contribution in [0.5, 0.6) is 0 Å². The van der Waals surface area contributed by atoms with E-state index in [2.05, 4.69) is 0 Å². The molecule has 0 saturated carbocycles. The Balaban J connectivity index is 1.84. The molecular formula is C24H31F2N3O6. The quantitative estimate of drug-likeness (QED) is 0.584. The highest BCUT2D eigenvalue weighted by molar-refractivity contribution is 6.02. The number of alkyl halides is 1. The zero-order valence-electron chi connectivity index (χ0n) is 20.3. The van der Waals surface area contributed by atoms with Gasteiger partial charge in [-0.2, -0.15) is 0 Å². The standard InChI is InChI=1S/C24H31F2N3O6/c1-12-9-14(13-7-8-28(23(33)34)11-16(13)25)20(26)15-10-29(22(32)19(12)15)17(21(27)31)5-6-18(30)35-24(2,3)4/h9,13,16-17H,5-8,10-11H2,1-4H3,(H2,27,31)(H,33,34)/t13-,16-,17?/m0/s1. The second-order valence-electron chi connectivity index (χ2n) is 10.1. The number of carbonyl (C=O) groups is 4. The number of primary amides is 1. The molecule has 0 aliphatic carbocycles. The Hall–Kier alpha value is -3.24. The van der Waals surface area contributed by atoms with Gasteiger partial charge in [0.15, 0.2) is 0 Å². The third-order valence-electron chi connectivity index (χ3n) is 6.35. The number of aryl methyl sites for hydroxylation is 1. The Morgan fingerprint density at radius 2 is 1.97 bits per heavy atom. The third kappa shape index (κ3) is 5.54. The molecule has 1 saturated heterocycles. The van der Waals surface area contributed by atoms with Crippen molar-refractivity contribution >= 4 is 23.9 Å². The predicted molar refractivity (Wildman–Crippen MR) is 121 cm³/mol. The van der Waals surface area contributed by atoms with Crippen LogP contribution in [0.4, 0.5) is 13.6 Å². The molecule has 192 valence electrons. The second kappa shape index (κ2) is 9.79. The van der Waals surface area contributed by atoms with E-state index in [-0.39, 0.29) is 55.6 Å². The fourth-order valence-electron chi connectivity index (χ4n) is 4.77. The number of rotatable bonds is 6. The molecule has 3 atom stereocenters. The van der Waals surface area contributed by atoms with E-state index in [1.54, 1.807) is 27.7 Å². The summed E-state index contributed by atoms with van der Waals surface area (Å²) in [6.45, 7) is 6.16. The van der Waals surface area contributed by atoms with Crippen LogP contribution < -0.4 is 5.73 Å². The lowest BCUT2D eigenvalue weighted by molar-refractivity contribution is -0.155. The molecule has 0 radical (unpaired) electrons.